The van der Waals surface area contributed by atoms with Crippen LogP contribution in [0.15, 0.2) is 18.2 Å². The zero-order chi connectivity index (χ0) is 12.6. The Bertz CT molecular complexity index is 461. The topological polar surface area (TPSA) is 43.1 Å². The summed E-state index contributed by atoms with van der Waals surface area (Å²) in [6.45, 7) is 1.78. The van der Waals surface area contributed by atoms with Crippen molar-refractivity contribution in [1.29, 1.82) is 0 Å². The van der Waals surface area contributed by atoms with Crippen molar-refractivity contribution in [1.82, 2.24) is 0 Å². The molecule has 0 aliphatic heterocycles. The number of Topliss-reactive ketones (excluding diaryl/α,β-unsaturated/α-hetero) is 1. The van der Waals surface area contributed by atoms with Gasteiger partial charge in [0.25, 0.3) is 0 Å². The molecule has 0 saturated heterocycles. The van der Waals surface area contributed by atoms with Gasteiger partial charge >= 0.3 is 0 Å². The summed E-state index contributed by atoms with van der Waals surface area (Å²) in [4.78, 5) is 12.1. The molecule has 0 aromatic heterocycles. The number of nitrogens with two attached hydrogens (primary N) is 1. The Hall–Kier alpha value is -1.29. The SMILES string of the molecule is CC1CCCC(N)(c2cc(F)ccc2F)C1=O. The Morgan fingerprint density at radius 2 is 2.12 bits per heavy atom. The van der Waals surface area contributed by atoms with Crippen LogP contribution in [0.3, 0.4) is 0 Å². The van der Waals surface area contributed by atoms with Crippen LogP contribution in [0.2, 0.25) is 0 Å². The van der Waals surface area contributed by atoms with Gasteiger partial charge in [0, 0.05) is 11.5 Å². The third-order valence-corrected chi connectivity index (χ3v) is 3.50. The van der Waals surface area contributed by atoms with Crippen molar-refractivity contribution in [3.63, 3.8) is 0 Å². The van der Waals surface area contributed by atoms with Crippen LogP contribution in [0.4, 0.5) is 8.78 Å². The van der Waals surface area contributed by atoms with Crippen molar-refractivity contribution >= 4 is 5.78 Å². The highest BCUT2D eigenvalue weighted by atomic mass is 19.1. The lowest BCUT2D eigenvalue weighted by molar-refractivity contribution is -0.130. The van der Waals surface area contributed by atoms with E-state index in [4.69, 9.17) is 5.73 Å². The van der Waals surface area contributed by atoms with Crippen molar-refractivity contribution in [2.24, 2.45) is 11.7 Å². The molecule has 1 fully saturated rings. The van der Waals surface area contributed by atoms with Crippen molar-refractivity contribution in [3.8, 4) is 0 Å². The van der Waals surface area contributed by atoms with Crippen LogP contribution in [0.1, 0.15) is 31.7 Å². The maximum Gasteiger partial charge on any atom is 0.160 e. The molecule has 2 N–H and O–H groups in total. The quantitative estimate of drug-likeness (QED) is 0.818. The average molecular weight is 239 g/mol. The van der Waals surface area contributed by atoms with E-state index in [-0.39, 0.29) is 17.3 Å². The largest absolute Gasteiger partial charge is 0.315 e. The fourth-order valence-electron chi connectivity index (χ4n) is 2.49. The van der Waals surface area contributed by atoms with Crippen LogP contribution in [0.25, 0.3) is 0 Å². The van der Waals surface area contributed by atoms with Gasteiger partial charge in [-0.3, -0.25) is 4.79 Å². The van der Waals surface area contributed by atoms with E-state index < -0.39 is 17.2 Å². The fourth-order valence-corrected chi connectivity index (χ4v) is 2.49. The predicted octanol–water partition coefficient (Wildman–Crippen LogP) is 2.51. The Labute approximate surface area is 98.8 Å². The summed E-state index contributed by atoms with van der Waals surface area (Å²) in [7, 11) is 0. The first-order valence-corrected chi connectivity index (χ1v) is 5.74. The van der Waals surface area contributed by atoms with Gasteiger partial charge in [-0.05, 0) is 31.0 Å². The first kappa shape index (κ1) is 12.2. The molecule has 0 amide bonds. The monoisotopic (exact) mass is 239 g/mol. The summed E-state index contributed by atoms with van der Waals surface area (Å²) in [5, 5.41) is 0. The lowest BCUT2D eigenvalue weighted by Crippen LogP contribution is -2.50. The molecule has 2 rings (SSSR count). The Kier molecular flexibility index (Phi) is 3.00. The van der Waals surface area contributed by atoms with Gasteiger partial charge in [0.2, 0.25) is 0 Å². The maximum atomic E-state index is 13.7. The molecule has 1 aromatic rings. The molecule has 2 nitrogen and oxygen atoms in total. The van der Waals surface area contributed by atoms with Gasteiger partial charge in [-0.25, -0.2) is 8.78 Å². The number of halogens is 2. The second-order valence-corrected chi connectivity index (χ2v) is 4.75. The van der Waals surface area contributed by atoms with Gasteiger partial charge < -0.3 is 5.73 Å². The minimum absolute atomic E-state index is 0.0194. The van der Waals surface area contributed by atoms with E-state index in [0.717, 1.165) is 31.0 Å². The molecule has 92 valence electrons. The van der Waals surface area contributed by atoms with Gasteiger partial charge in [0.15, 0.2) is 5.78 Å². The normalized spacial score (nSPS) is 29.4. The average Bonchev–Trinajstić information content (AvgIpc) is 2.29. The smallest absolute Gasteiger partial charge is 0.160 e. The summed E-state index contributed by atoms with van der Waals surface area (Å²) >= 11 is 0. The lowest BCUT2D eigenvalue weighted by Gasteiger charge is -2.35. The third-order valence-electron chi connectivity index (χ3n) is 3.50. The molecule has 0 radical (unpaired) electrons. The summed E-state index contributed by atoms with van der Waals surface area (Å²) in [6.07, 6.45) is 1.88. The molecule has 2 unspecified atom stereocenters. The van der Waals surface area contributed by atoms with Crippen LogP contribution < -0.4 is 5.73 Å². The Morgan fingerprint density at radius 1 is 1.41 bits per heavy atom. The molecular weight excluding hydrogens is 224 g/mol. The van der Waals surface area contributed by atoms with Gasteiger partial charge in [0.05, 0.1) is 0 Å². The molecule has 0 bridgehead atoms. The van der Waals surface area contributed by atoms with Crippen LogP contribution in [0.5, 0.6) is 0 Å². The summed E-state index contributed by atoms with van der Waals surface area (Å²) < 4.78 is 26.9. The summed E-state index contributed by atoms with van der Waals surface area (Å²) in [6, 6.07) is 3.08. The summed E-state index contributed by atoms with van der Waals surface area (Å²) in [5.74, 6) is -1.58. The van der Waals surface area contributed by atoms with E-state index in [1.807, 2.05) is 0 Å². The number of carbonyl (C=O) groups is 1. The van der Waals surface area contributed by atoms with Crippen molar-refractivity contribution in [2.75, 3.05) is 0 Å². The first-order chi connectivity index (χ1) is 7.95. The van der Waals surface area contributed by atoms with E-state index in [1.165, 1.54) is 0 Å². The number of hydrogen-bond donors (Lipinski definition) is 1. The second kappa shape index (κ2) is 4.18. The first-order valence-electron chi connectivity index (χ1n) is 5.74. The molecule has 1 aromatic carbocycles. The number of benzene rings is 1. The highest BCUT2D eigenvalue weighted by Gasteiger charge is 2.42. The number of ketones is 1. The number of rotatable bonds is 1. The fraction of sp³-hybridized carbons (Fsp3) is 0.462. The second-order valence-electron chi connectivity index (χ2n) is 4.75. The maximum absolute atomic E-state index is 13.7. The predicted molar refractivity (Wildman–Crippen MR) is 60.2 cm³/mol. The molecule has 0 heterocycles. The highest BCUT2D eigenvalue weighted by molar-refractivity contribution is 5.91. The van der Waals surface area contributed by atoms with E-state index in [0.29, 0.717) is 6.42 Å². The standard InChI is InChI=1S/C13H15F2NO/c1-8-3-2-6-13(16,12(8)17)10-7-9(14)4-5-11(10)15/h4-5,7-8H,2-3,6,16H2,1H3. The molecule has 0 spiro atoms. The van der Waals surface area contributed by atoms with Crippen molar-refractivity contribution in [3.05, 3.63) is 35.4 Å². The molecule has 1 aliphatic rings. The number of hydrogen-bond acceptors (Lipinski definition) is 2. The minimum Gasteiger partial charge on any atom is -0.315 e. The van der Waals surface area contributed by atoms with Crippen LogP contribution in [0, 0.1) is 17.6 Å². The van der Waals surface area contributed by atoms with Gasteiger partial charge in [-0.2, -0.15) is 0 Å². The molecule has 1 aliphatic carbocycles. The van der Waals surface area contributed by atoms with E-state index in [2.05, 4.69) is 0 Å². The molecule has 4 heteroatoms. The van der Waals surface area contributed by atoms with Crippen molar-refractivity contribution < 1.29 is 13.6 Å². The Balaban J connectivity index is 2.50. The van der Waals surface area contributed by atoms with Crippen molar-refractivity contribution in [2.45, 2.75) is 31.7 Å². The number of carbonyl (C=O) groups excluding carboxylic acids is 1. The molecule has 17 heavy (non-hydrogen) atoms. The molecular formula is C13H15F2NO. The van der Waals surface area contributed by atoms with Gasteiger partial charge in [-0.15, -0.1) is 0 Å². The van der Waals surface area contributed by atoms with Crippen LogP contribution in [-0.4, -0.2) is 5.78 Å². The van der Waals surface area contributed by atoms with Crippen LogP contribution in [-0.2, 0) is 10.3 Å². The van der Waals surface area contributed by atoms with E-state index in [1.54, 1.807) is 6.92 Å². The van der Waals surface area contributed by atoms with Gasteiger partial charge in [-0.1, -0.05) is 13.3 Å². The molecule has 2 atom stereocenters. The summed E-state index contributed by atoms with van der Waals surface area (Å²) in [5.41, 5.74) is 4.64. The minimum atomic E-state index is -1.37. The van der Waals surface area contributed by atoms with E-state index >= 15 is 0 Å². The van der Waals surface area contributed by atoms with Gasteiger partial charge in [0.1, 0.15) is 17.2 Å². The third kappa shape index (κ3) is 1.97. The molecule has 1 saturated carbocycles. The zero-order valence-electron chi connectivity index (χ0n) is 9.67. The zero-order valence-corrected chi connectivity index (χ0v) is 9.67. The van der Waals surface area contributed by atoms with E-state index in [9.17, 15) is 13.6 Å². The highest BCUT2D eigenvalue weighted by Crippen LogP contribution is 2.36. The Morgan fingerprint density at radius 3 is 2.82 bits per heavy atom. The lowest BCUT2D eigenvalue weighted by atomic mass is 9.72. The van der Waals surface area contributed by atoms with Crippen LogP contribution >= 0.6 is 0 Å².